The molecule has 0 saturated heterocycles. The van der Waals surface area contributed by atoms with Crippen LogP contribution in [0.5, 0.6) is 5.75 Å². The smallest absolute Gasteiger partial charge is 0.158 e. The molecular formula is C26H31N3O. The van der Waals surface area contributed by atoms with Crippen LogP contribution in [0.3, 0.4) is 0 Å². The standard InChI is InChI=1S/C26H31N3O/c1-6-28-16-29(26-22(28)11-8-14-27-26)23-15-19(12-13-24(23)30)25-20(17(2)3)9-7-10-21(25)18(4)5/h7-15,17-18,30H,6,16H2,1-5H3. The SMILES string of the molecule is CCN1CN(c2cc(-c3c(C(C)C)cccc3C(C)C)ccc2O)c2ncccc21. The highest BCUT2D eigenvalue weighted by Crippen LogP contribution is 2.45. The van der Waals surface area contributed by atoms with Gasteiger partial charge in [-0.3, -0.25) is 0 Å². The van der Waals surface area contributed by atoms with Crippen molar-refractivity contribution in [1.29, 1.82) is 0 Å². The number of phenols is 1. The quantitative estimate of drug-likeness (QED) is 0.520. The van der Waals surface area contributed by atoms with Gasteiger partial charge in [0.1, 0.15) is 5.75 Å². The van der Waals surface area contributed by atoms with Crippen molar-refractivity contribution in [3.63, 3.8) is 0 Å². The predicted octanol–water partition coefficient (Wildman–Crippen LogP) is 6.64. The Morgan fingerprint density at radius 3 is 2.27 bits per heavy atom. The first kappa shape index (κ1) is 20.3. The minimum Gasteiger partial charge on any atom is -0.506 e. The highest BCUT2D eigenvalue weighted by Gasteiger charge is 2.29. The lowest BCUT2D eigenvalue weighted by Crippen LogP contribution is -2.27. The first-order chi connectivity index (χ1) is 14.4. The Labute approximate surface area is 179 Å². The third kappa shape index (κ3) is 3.41. The maximum absolute atomic E-state index is 10.8. The van der Waals surface area contributed by atoms with E-state index in [4.69, 9.17) is 0 Å². The molecule has 0 bridgehead atoms. The van der Waals surface area contributed by atoms with E-state index in [9.17, 15) is 5.11 Å². The first-order valence-corrected chi connectivity index (χ1v) is 10.9. The molecule has 0 aliphatic carbocycles. The monoisotopic (exact) mass is 401 g/mol. The van der Waals surface area contributed by atoms with E-state index in [0.717, 1.165) is 29.3 Å². The zero-order valence-electron chi connectivity index (χ0n) is 18.6. The zero-order valence-corrected chi connectivity index (χ0v) is 18.6. The van der Waals surface area contributed by atoms with Crippen molar-refractivity contribution in [1.82, 2.24) is 4.98 Å². The summed E-state index contributed by atoms with van der Waals surface area (Å²) in [5, 5.41) is 10.8. The first-order valence-electron chi connectivity index (χ1n) is 10.9. The fourth-order valence-corrected chi connectivity index (χ4v) is 4.40. The van der Waals surface area contributed by atoms with Crippen LogP contribution in [0.2, 0.25) is 0 Å². The molecular weight excluding hydrogens is 370 g/mol. The second kappa shape index (κ2) is 8.02. The number of fused-ring (bicyclic) bond motifs is 1. The van der Waals surface area contributed by atoms with E-state index in [1.165, 1.54) is 16.7 Å². The lowest BCUT2D eigenvalue weighted by molar-refractivity contribution is 0.475. The molecule has 4 nitrogen and oxygen atoms in total. The Morgan fingerprint density at radius 2 is 1.63 bits per heavy atom. The lowest BCUT2D eigenvalue weighted by Gasteiger charge is -2.24. The summed E-state index contributed by atoms with van der Waals surface area (Å²) in [6, 6.07) is 16.7. The van der Waals surface area contributed by atoms with Crippen LogP contribution in [0.15, 0.2) is 54.7 Å². The Morgan fingerprint density at radius 1 is 0.933 bits per heavy atom. The summed E-state index contributed by atoms with van der Waals surface area (Å²) in [6.07, 6.45) is 1.82. The normalized spacial score (nSPS) is 13.4. The molecule has 30 heavy (non-hydrogen) atoms. The van der Waals surface area contributed by atoms with E-state index in [-0.39, 0.29) is 5.75 Å². The van der Waals surface area contributed by atoms with Gasteiger partial charge in [-0.25, -0.2) is 4.98 Å². The van der Waals surface area contributed by atoms with Crippen molar-refractivity contribution in [2.45, 2.75) is 46.5 Å². The molecule has 1 aliphatic rings. The minimum atomic E-state index is 0.279. The van der Waals surface area contributed by atoms with E-state index < -0.39 is 0 Å². The van der Waals surface area contributed by atoms with Crippen molar-refractivity contribution in [2.24, 2.45) is 0 Å². The van der Waals surface area contributed by atoms with Crippen LogP contribution in [-0.2, 0) is 0 Å². The molecule has 1 N–H and O–H groups in total. The van der Waals surface area contributed by atoms with Gasteiger partial charge in [0.2, 0.25) is 0 Å². The van der Waals surface area contributed by atoms with Crippen LogP contribution >= 0.6 is 0 Å². The number of pyridine rings is 1. The average molecular weight is 402 g/mol. The van der Waals surface area contributed by atoms with Crippen LogP contribution in [0.25, 0.3) is 11.1 Å². The van der Waals surface area contributed by atoms with E-state index >= 15 is 0 Å². The number of phenolic OH excluding ortho intramolecular Hbond substituents is 1. The van der Waals surface area contributed by atoms with Crippen LogP contribution < -0.4 is 9.80 Å². The summed E-state index contributed by atoms with van der Waals surface area (Å²) in [7, 11) is 0. The molecule has 2 heterocycles. The average Bonchev–Trinajstić information content (AvgIpc) is 3.12. The van der Waals surface area contributed by atoms with Crippen molar-refractivity contribution >= 4 is 17.2 Å². The molecule has 3 aromatic rings. The predicted molar refractivity (Wildman–Crippen MR) is 126 cm³/mol. The van der Waals surface area contributed by atoms with E-state index in [1.807, 2.05) is 24.4 Å². The van der Waals surface area contributed by atoms with Gasteiger partial charge in [-0.1, -0.05) is 52.0 Å². The van der Waals surface area contributed by atoms with Crippen LogP contribution in [0, 0.1) is 0 Å². The van der Waals surface area contributed by atoms with Crippen molar-refractivity contribution in [3.8, 4) is 16.9 Å². The summed E-state index contributed by atoms with van der Waals surface area (Å²) >= 11 is 0. The van der Waals surface area contributed by atoms with E-state index in [1.54, 1.807) is 0 Å². The summed E-state index contributed by atoms with van der Waals surface area (Å²) in [4.78, 5) is 9.01. The molecule has 0 atom stereocenters. The fourth-order valence-electron chi connectivity index (χ4n) is 4.40. The Kier molecular flexibility index (Phi) is 5.42. The highest BCUT2D eigenvalue weighted by molar-refractivity contribution is 5.84. The maximum atomic E-state index is 10.8. The molecule has 0 spiro atoms. The zero-order chi connectivity index (χ0) is 21.4. The Hall–Kier alpha value is -3.01. The molecule has 2 aromatic carbocycles. The number of hydrogen-bond donors (Lipinski definition) is 1. The summed E-state index contributed by atoms with van der Waals surface area (Å²) < 4.78 is 0. The number of aromatic hydroxyl groups is 1. The molecule has 4 rings (SSSR count). The van der Waals surface area contributed by atoms with Crippen molar-refractivity contribution in [2.75, 3.05) is 23.0 Å². The van der Waals surface area contributed by atoms with Crippen LogP contribution in [-0.4, -0.2) is 23.3 Å². The molecule has 0 fully saturated rings. The fraction of sp³-hybridized carbons (Fsp3) is 0.346. The lowest BCUT2D eigenvalue weighted by atomic mass is 9.85. The molecule has 0 saturated carbocycles. The largest absolute Gasteiger partial charge is 0.506 e. The van der Waals surface area contributed by atoms with Gasteiger partial charge in [-0.15, -0.1) is 0 Å². The van der Waals surface area contributed by atoms with Gasteiger partial charge in [0.25, 0.3) is 0 Å². The molecule has 1 aliphatic heterocycles. The number of rotatable bonds is 5. The van der Waals surface area contributed by atoms with Gasteiger partial charge in [-0.2, -0.15) is 0 Å². The third-order valence-corrected chi connectivity index (χ3v) is 5.98. The second-order valence-electron chi connectivity index (χ2n) is 8.60. The Bertz CT molecular complexity index is 1030. The van der Waals surface area contributed by atoms with Crippen molar-refractivity contribution < 1.29 is 5.11 Å². The third-order valence-electron chi connectivity index (χ3n) is 5.98. The topological polar surface area (TPSA) is 39.6 Å². The number of benzene rings is 2. The number of nitrogens with zero attached hydrogens (tertiary/aromatic N) is 3. The maximum Gasteiger partial charge on any atom is 0.158 e. The molecule has 1 aromatic heterocycles. The summed E-state index contributed by atoms with van der Waals surface area (Å²) in [6.45, 7) is 12.7. The van der Waals surface area contributed by atoms with Gasteiger partial charge >= 0.3 is 0 Å². The molecule has 0 unspecified atom stereocenters. The Balaban J connectivity index is 1.88. The van der Waals surface area contributed by atoms with E-state index in [0.29, 0.717) is 18.5 Å². The van der Waals surface area contributed by atoms with Gasteiger partial charge in [-0.05, 0) is 65.3 Å². The number of anilines is 3. The summed E-state index contributed by atoms with van der Waals surface area (Å²) in [5.41, 5.74) is 7.02. The van der Waals surface area contributed by atoms with Gasteiger partial charge in [0, 0.05) is 12.7 Å². The molecule has 156 valence electrons. The van der Waals surface area contributed by atoms with Crippen molar-refractivity contribution in [3.05, 3.63) is 65.9 Å². The van der Waals surface area contributed by atoms with Gasteiger partial charge in [0.15, 0.2) is 5.82 Å². The molecule has 4 heteroatoms. The highest BCUT2D eigenvalue weighted by atomic mass is 16.3. The minimum absolute atomic E-state index is 0.279. The summed E-state index contributed by atoms with van der Waals surface area (Å²) in [5.74, 6) is 2.01. The van der Waals surface area contributed by atoms with Gasteiger partial charge < -0.3 is 14.9 Å². The number of hydrogen-bond acceptors (Lipinski definition) is 4. The van der Waals surface area contributed by atoms with Crippen LogP contribution in [0.1, 0.15) is 57.6 Å². The van der Waals surface area contributed by atoms with Gasteiger partial charge in [0.05, 0.1) is 18.0 Å². The van der Waals surface area contributed by atoms with Crippen LogP contribution in [0.4, 0.5) is 17.2 Å². The second-order valence-corrected chi connectivity index (χ2v) is 8.60. The molecule has 0 radical (unpaired) electrons. The van der Waals surface area contributed by atoms with E-state index in [2.05, 4.69) is 79.7 Å². The molecule has 0 amide bonds. The number of aromatic nitrogens is 1.